The number of aryl methyl sites for hydroxylation is 1. The van der Waals surface area contributed by atoms with Crippen molar-refractivity contribution in [1.29, 1.82) is 0 Å². The minimum atomic E-state index is -3.38. The molecule has 2 rings (SSSR count). The van der Waals surface area contributed by atoms with Crippen molar-refractivity contribution in [3.8, 4) is 0 Å². The Balaban J connectivity index is 2.32. The Bertz CT molecular complexity index is 465. The molecular formula is C12H16O3S. The maximum Gasteiger partial charge on any atom is 0.264 e. The van der Waals surface area contributed by atoms with Gasteiger partial charge in [-0.25, -0.2) is 0 Å². The van der Waals surface area contributed by atoms with E-state index in [1.54, 1.807) is 0 Å². The molecule has 0 bridgehead atoms. The van der Waals surface area contributed by atoms with Gasteiger partial charge in [-0.2, -0.15) is 8.42 Å². The molecule has 0 saturated heterocycles. The number of hydrogen-bond acceptors (Lipinski definition) is 3. The molecular weight excluding hydrogens is 224 g/mol. The van der Waals surface area contributed by atoms with Crippen molar-refractivity contribution in [3.05, 3.63) is 35.4 Å². The van der Waals surface area contributed by atoms with Gasteiger partial charge >= 0.3 is 0 Å². The largest absolute Gasteiger partial charge is 0.264 e. The van der Waals surface area contributed by atoms with E-state index in [-0.39, 0.29) is 6.10 Å². The van der Waals surface area contributed by atoms with Crippen LogP contribution in [0.2, 0.25) is 0 Å². The molecule has 1 aliphatic rings. The maximum atomic E-state index is 11.2. The molecule has 0 radical (unpaired) electrons. The lowest BCUT2D eigenvalue weighted by Gasteiger charge is -2.16. The predicted molar refractivity (Wildman–Crippen MR) is 62.7 cm³/mol. The van der Waals surface area contributed by atoms with E-state index in [1.165, 1.54) is 5.56 Å². The average molecular weight is 240 g/mol. The summed E-state index contributed by atoms with van der Waals surface area (Å²) in [7, 11) is -3.38. The van der Waals surface area contributed by atoms with E-state index in [0.29, 0.717) is 0 Å². The summed E-state index contributed by atoms with van der Waals surface area (Å²) in [6, 6.07) is 7.94. The Labute approximate surface area is 96.6 Å². The number of hydrogen-bond donors (Lipinski definition) is 0. The Morgan fingerprint density at radius 2 is 2.00 bits per heavy atom. The second-order valence-electron chi connectivity index (χ2n) is 4.23. The lowest BCUT2D eigenvalue weighted by atomic mass is 10.0. The summed E-state index contributed by atoms with van der Waals surface area (Å²) in [5.41, 5.74) is 2.25. The first-order valence-corrected chi connectivity index (χ1v) is 7.34. The Kier molecular flexibility index (Phi) is 3.30. The standard InChI is InChI=1S/C12H16O3S/c1-16(13,14)15-12-9-5-3-7-10-6-2-4-8-11(10)12/h2,4,6,8,12H,3,5,7,9H2,1H3. The molecule has 0 amide bonds. The smallest absolute Gasteiger partial charge is 0.262 e. The van der Waals surface area contributed by atoms with Crippen molar-refractivity contribution in [3.63, 3.8) is 0 Å². The van der Waals surface area contributed by atoms with Crippen molar-refractivity contribution < 1.29 is 12.6 Å². The summed E-state index contributed by atoms with van der Waals surface area (Å²) in [6.45, 7) is 0. The highest BCUT2D eigenvalue weighted by atomic mass is 32.2. The topological polar surface area (TPSA) is 43.4 Å². The van der Waals surface area contributed by atoms with Crippen LogP contribution in [0.1, 0.15) is 36.5 Å². The van der Waals surface area contributed by atoms with Crippen LogP contribution in [-0.4, -0.2) is 14.7 Å². The van der Waals surface area contributed by atoms with E-state index in [4.69, 9.17) is 4.18 Å². The van der Waals surface area contributed by atoms with Crippen LogP contribution in [0.25, 0.3) is 0 Å². The van der Waals surface area contributed by atoms with Crippen LogP contribution < -0.4 is 0 Å². The molecule has 0 heterocycles. The van der Waals surface area contributed by atoms with Gasteiger partial charge in [-0.1, -0.05) is 30.7 Å². The zero-order chi connectivity index (χ0) is 11.6. The second-order valence-corrected chi connectivity index (χ2v) is 5.83. The molecule has 0 saturated carbocycles. The lowest BCUT2D eigenvalue weighted by Crippen LogP contribution is -2.10. The summed E-state index contributed by atoms with van der Waals surface area (Å²) in [6.07, 6.45) is 4.72. The molecule has 0 N–H and O–H groups in total. The van der Waals surface area contributed by atoms with Gasteiger partial charge in [-0.3, -0.25) is 4.18 Å². The van der Waals surface area contributed by atoms with Crippen molar-refractivity contribution in [2.75, 3.05) is 6.26 Å². The second kappa shape index (κ2) is 4.55. The van der Waals surface area contributed by atoms with Gasteiger partial charge in [0.05, 0.1) is 6.26 Å². The fraction of sp³-hybridized carbons (Fsp3) is 0.500. The first-order chi connectivity index (χ1) is 7.56. The Morgan fingerprint density at radius 1 is 1.25 bits per heavy atom. The highest BCUT2D eigenvalue weighted by molar-refractivity contribution is 7.86. The molecule has 16 heavy (non-hydrogen) atoms. The molecule has 1 aliphatic carbocycles. The third-order valence-electron chi connectivity index (χ3n) is 2.86. The molecule has 1 atom stereocenters. The third-order valence-corrected chi connectivity index (χ3v) is 3.44. The van der Waals surface area contributed by atoms with Gasteiger partial charge in [0.1, 0.15) is 6.10 Å². The van der Waals surface area contributed by atoms with Crippen LogP contribution in [0.15, 0.2) is 24.3 Å². The van der Waals surface area contributed by atoms with Crippen LogP contribution in [0.5, 0.6) is 0 Å². The van der Waals surface area contributed by atoms with Crippen molar-refractivity contribution in [1.82, 2.24) is 0 Å². The zero-order valence-electron chi connectivity index (χ0n) is 9.35. The van der Waals surface area contributed by atoms with Gasteiger partial charge in [0.15, 0.2) is 0 Å². The molecule has 88 valence electrons. The summed E-state index contributed by atoms with van der Waals surface area (Å²) in [5.74, 6) is 0. The van der Waals surface area contributed by atoms with Gasteiger partial charge in [0, 0.05) is 0 Å². The van der Waals surface area contributed by atoms with Gasteiger partial charge in [-0.05, 0) is 30.4 Å². The van der Waals surface area contributed by atoms with Crippen molar-refractivity contribution in [2.24, 2.45) is 0 Å². The fourth-order valence-electron chi connectivity index (χ4n) is 2.19. The van der Waals surface area contributed by atoms with Crippen LogP contribution >= 0.6 is 0 Å². The molecule has 1 aromatic carbocycles. The van der Waals surface area contributed by atoms with E-state index in [2.05, 4.69) is 6.07 Å². The van der Waals surface area contributed by atoms with Crippen LogP contribution in [-0.2, 0) is 20.7 Å². The van der Waals surface area contributed by atoms with Gasteiger partial charge in [-0.15, -0.1) is 0 Å². The summed E-state index contributed by atoms with van der Waals surface area (Å²) in [5, 5.41) is 0. The van der Waals surface area contributed by atoms with Crippen molar-refractivity contribution in [2.45, 2.75) is 31.8 Å². The highest BCUT2D eigenvalue weighted by Crippen LogP contribution is 2.32. The van der Waals surface area contributed by atoms with Gasteiger partial charge in [0.2, 0.25) is 0 Å². The minimum Gasteiger partial charge on any atom is -0.262 e. The van der Waals surface area contributed by atoms with E-state index < -0.39 is 10.1 Å². The van der Waals surface area contributed by atoms with E-state index in [9.17, 15) is 8.42 Å². The minimum absolute atomic E-state index is 0.298. The van der Waals surface area contributed by atoms with Crippen molar-refractivity contribution >= 4 is 10.1 Å². The van der Waals surface area contributed by atoms with E-state index in [0.717, 1.165) is 37.5 Å². The monoisotopic (exact) mass is 240 g/mol. The molecule has 1 unspecified atom stereocenters. The highest BCUT2D eigenvalue weighted by Gasteiger charge is 2.22. The van der Waals surface area contributed by atoms with Gasteiger partial charge in [0.25, 0.3) is 10.1 Å². The number of benzene rings is 1. The summed E-state index contributed by atoms with van der Waals surface area (Å²) in [4.78, 5) is 0. The molecule has 4 heteroatoms. The Morgan fingerprint density at radius 3 is 2.75 bits per heavy atom. The van der Waals surface area contributed by atoms with E-state index in [1.807, 2.05) is 18.2 Å². The maximum absolute atomic E-state index is 11.2. The first-order valence-electron chi connectivity index (χ1n) is 5.52. The summed E-state index contributed by atoms with van der Waals surface area (Å²) >= 11 is 0. The zero-order valence-corrected chi connectivity index (χ0v) is 10.2. The predicted octanol–water partition coefficient (Wildman–Crippen LogP) is 2.43. The fourth-order valence-corrected chi connectivity index (χ4v) is 2.81. The number of rotatable bonds is 2. The number of fused-ring (bicyclic) bond motifs is 1. The summed E-state index contributed by atoms with van der Waals surface area (Å²) < 4.78 is 27.6. The lowest BCUT2D eigenvalue weighted by molar-refractivity contribution is 0.204. The van der Waals surface area contributed by atoms with Crippen LogP contribution in [0.4, 0.5) is 0 Å². The molecule has 0 spiro atoms. The molecule has 1 aromatic rings. The normalized spacial score (nSPS) is 21.2. The molecule has 3 nitrogen and oxygen atoms in total. The molecule has 0 fully saturated rings. The SMILES string of the molecule is CS(=O)(=O)OC1CCCCc2ccccc21. The molecule has 0 aromatic heterocycles. The Hall–Kier alpha value is -0.870. The third kappa shape index (κ3) is 2.83. The van der Waals surface area contributed by atoms with E-state index >= 15 is 0 Å². The first kappa shape index (κ1) is 11.6. The quantitative estimate of drug-likeness (QED) is 0.589. The average Bonchev–Trinajstić information content (AvgIpc) is 2.39. The van der Waals surface area contributed by atoms with Crippen LogP contribution in [0, 0.1) is 0 Å². The van der Waals surface area contributed by atoms with Gasteiger partial charge < -0.3 is 0 Å². The van der Waals surface area contributed by atoms with Crippen LogP contribution in [0.3, 0.4) is 0 Å². The molecule has 0 aliphatic heterocycles.